The third-order valence-corrected chi connectivity index (χ3v) is 6.22. The highest BCUT2D eigenvalue weighted by Gasteiger charge is 2.23. The molecule has 0 N–H and O–H groups in total. The van der Waals surface area contributed by atoms with Crippen LogP contribution in [0.4, 0.5) is 0 Å². The van der Waals surface area contributed by atoms with E-state index in [9.17, 15) is 4.79 Å². The van der Waals surface area contributed by atoms with Gasteiger partial charge in [0.1, 0.15) is 18.1 Å². The SMILES string of the molecule is COc1ccc(C2CN(CCOC(=O)C(C)c3ccc4cc(OC)ccc4c3)CCO2)cc1. The first-order valence-corrected chi connectivity index (χ1v) is 11.3. The number of carbonyl (C=O) groups excluding carboxylic acids is 1. The van der Waals surface area contributed by atoms with Crippen LogP contribution in [0.15, 0.2) is 60.7 Å². The van der Waals surface area contributed by atoms with E-state index in [0.717, 1.165) is 46.5 Å². The molecule has 0 amide bonds. The summed E-state index contributed by atoms with van der Waals surface area (Å²) in [7, 11) is 3.32. The summed E-state index contributed by atoms with van der Waals surface area (Å²) in [5.74, 6) is 1.12. The van der Waals surface area contributed by atoms with Crippen molar-refractivity contribution in [2.75, 3.05) is 47.1 Å². The van der Waals surface area contributed by atoms with Gasteiger partial charge in [0.15, 0.2) is 0 Å². The first kappa shape index (κ1) is 23.1. The van der Waals surface area contributed by atoms with E-state index >= 15 is 0 Å². The van der Waals surface area contributed by atoms with E-state index in [2.05, 4.69) is 4.90 Å². The second-order valence-electron chi connectivity index (χ2n) is 8.29. The highest BCUT2D eigenvalue weighted by Crippen LogP contribution is 2.26. The minimum Gasteiger partial charge on any atom is -0.497 e. The number of benzene rings is 3. The molecule has 4 rings (SSSR count). The Bertz CT molecular complexity index is 1080. The highest BCUT2D eigenvalue weighted by atomic mass is 16.5. The number of carbonyl (C=O) groups is 1. The molecule has 1 heterocycles. The van der Waals surface area contributed by atoms with Gasteiger partial charge in [0.25, 0.3) is 0 Å². The second-order valence-corrected chi connectivity index (χ2v) is 8.29. The monoisotopic (exact) mass is 449 g/mol. The van der Waals surface area contributed by atoms with E-state index in [-0.39, 0.29) is 18.0 Å². The molecule has 33 heavy (non-hydrogen) atoms. The molecule has 0 aromatic heterocycles. The largest absolute Gasteiger partial charge is 0.497 e. The van der Waals surface area contributed by atoms with Gasteiger partial charge in [-0.25, -0.2) is 0 Å². The molecule has 0 bridgehead atoms. The van der Waals surface area contributed by atoms with Crippen LogP contribution < -0.4 is 9.47 Å². The van der Waals surface area contributed by atoms with Gasteiger partial charge in [-0.15, -0.1) is 0 Å². The Morgan fingerprint density at radius 3 is 2.45 bits per heavy atom. The molecule has 1 saturated heterocycles. The molecular formula is C27H31NO5. The molecule has 1 aliphatic heterocycles. The van der Waals surface area contributed by atoms with Gasteiger partial charge < -0.3 is 18.9 Å². The predicted molar refractivity (Wildman–Crippen MR) is 128 cm³/mol. The van der Waals surface area contributed by atoms with Crippen molar-refractivity contribution in [2.45, 2.75) is 18.9 Å². The smallest absolute Gasteiger partial charge is 0.313 e. The fourth-order valence-electron chi connectivity index (χ4n) is 4.10. The summed E-state index contributed by atoms with van der Waals surface area (Å²) in [6.07, 6.45) is 0.00973. The summed E-state index contributed by atoms with van der Waals surface area (Å²) in [6.45, 7) is 5.20. The molecule has 3 aromatic carbocycles. The van der Waals surface area contributed by atoms with E-state index in [0.29, 0.717) is 19.8 Å². The van der Waals surface area contributed by atoms with Crippen LogP contribution in [0.25, 0.3) is 10.8 Å². The average molecular weight is 450 g/mol. The Kier molecular flexibility index (Phi) is 7.47. The zero-order valence-corrected chi connectivity index (χ0v) is 19.5. The number of hydrogen-bond acceptors (Lipinski definition) is 6. The lowest BCUT2D eigenvalue weighted by atomic mass is 9.98. The van der Waals surface area contributed by atoms with Crippen LogP contribution >= 0.6 is 0 Å². The topological polar surface area (TPSA) is 57.2 Å². The van der Waals surface area contributed by atoms with Crippen molar-refractivity contribution < 1.29 is 23.7 Å². The summed E-state index contributed by atoms with van der Waals surface area (Å²) >= 11 is 0. The molecule has 1 aliphatic rings. The van der Waals surface area contributed by atoms with E-state index in [1.807, 2.05) is 67.6 Å². The van der Waals surface area contributed by atoms with Gasteiger partial charge in [0.05, 0.1) is 32.8 Å². The third-order valence-electron chi connectivity index (χ3n) is 6.22. The maximum absolute atomic E-state index is 12.7. The summed E-state index contributed by atoms with van der Waals surface area (Å²) in [4.78, 5) is 14.9. The van der Waals surface area contributed by atoms with Crippen LogP contribution in [0.2, 0.25) is 0 Å². The van der Waals surface area contributed by atoms with Crippen molar-refractivity contribution in [1.82, 2.24) is 4.90 Å². The number of hydrogen-bond donors (Lipinski definition) is 0. The van der Waals surface area contributed by atoms with E-state index < -0.39 is 0 Å². The van der Waals surface area contributed by atoms with Crippen LogP contribution in [-0.2, 0) is 14.3 Å². The quantitative estimate of drug-likeness (QED) is 0.470. The first-order chi connectivity index (χ1) is 16.1. The molecule has 174 valence electrons. The lowest BCUT2D eigenvalue weighted by Crippen LogP contribution is -2.40. The van der Waals surface area contributed by atoms with Crippen LogP contribution in [0, 0.1) is 0 Å². The average Bonchev–Trinajstić information content (AvgIpc) is 2.87. The standard InChI is InChI=1S/C27H31NO5/c1-19(21-4-5-23-17-25(31-3)11-8-22(23)16-21)27(29)33-15-13-28-12-14-32-26(18-28)20-6-9-24(30-2)10-7-20/h4-11,16-17,19,26H,12-15,18H2,1-3H3. The summed E-state index contributed by atoms with van der Waals surface area (Å²) in [5.41, 5.74) is 2.07. The predicted octanol–water partition coefficient (Wildman–Crippen LogP) is 4.58. The molecule has 0 aliphatic carbocycles. The van der Waals surface area contributed by atoms with Crippen molar-refractivity contribution in [3.8, 4) is 11.5 Å². The number of rotatable bonds is 8. The fraction of sp³-hybridized carbons (Fsp3) is 0.370. The molecule has 6 heteroatoms. The van der Waals surface area contributed by atoms with Crippen molar-refractivity contribution >= 4 is 16.7 Å². The Balaban J connectivity index is 1.28. The van der Waals surface area contributed by atoms with Gasteiger partial charge in [-0.3, -0.25) is 9.69 Å². The van der Waals surface area contributed by atoms with E-state index in [4.69, 9.17) is 18.9 Å². The molecule has 2 atom stereocenters. The molecule has 0 spiro atoms. The van der Waals surface area contributed by atoms with Gasteiger partial charge >= 0.3 is 5.97 Å². The van der Waals surface area contributed by atoms with Crippen LogP contribution in [0.1, 0.15) is 30.1 Å². The van der Waals surface area contributed by atoms with Crippen molar-refractivity contribution in [1.29, 1.82) is 0 Å². The Hall–Kier alpha value is -3.09. The second kappa shape index (κ2) is 10.7. The number of esters is 1. The van der Waals surface area contributed by atoms with Crippen molar-refractivity contribution in [3.05, 3.63) is 71.8 Å². The number of methoxy groups -OCH3 is 2. The van der Waals surface area contributed by atoms with E-state index in [1.54, 1.807) is 14.2 Å². The third kappa shape index (κ3) is 5.64. The number of morpholine rings is 1. The van der Waals surface area contributed by atoms with Crippen LogP contribution in [0.3, 0.4) is 0 Å². The Labute approximate surface area is 195 Å². The molecule has 2 unspecified atom stereocenters. The van der Waals surface area contributed by atoms with Crippen LogP contribution in [0.5, 0.6) is 11.5 Å². The number of fused-ring (bicyclic) bond motifs is 1. The molecule has 0 saturated carbocycles. The minimum absolute atomic E-state index is 0.00973. The Morgan fingerprint density at radius 1 is 1.00 bits per heavy atom. The first-order valence-electron chi connectivity index (χ1n) is 11.3. The molecule has 1 fully saturated rings. The van der Waals surface area contributed by atoms with Gasteiger partial charge in [-0.05, 0) is 53.1 Å². The lowest BCUT2D eigenvalue weighted by Gasteiger charge is -2.33. The normalized spacial score (nSPS) is 17.5. The van der Waals surface area contributed by atoms with Gasteiger partial charge in [0, 0.05) is 19.6 Å². The Morgan fingerprint density at radius 2 is 1.70 bits per heavy atom. The van der Waals surface area contributed by atoms with Gasteiger partial charge in [-0.2, -0.15) is 0 Å². The lowest BCUT2D eigenvalue weighted by molar-refractivity contribution is -0.146. The molecule has 0 radical (unpaired) electrons. The minimum atomic E-state index is -0.326. The van der Waals surface area contributed by atoms with Crippen LogP contribution in [-0.4, -0.2) is 57.9 Å². The number of ether oxygens (including phenoxy) is 4. The highest BCUT2D eigenvalue weighted by molar-refractivity contribution is 5.86. The maximum atomic E-state index is 12.7. The van der Waals surface area contributed by atoms with Crippen molar-refractivity contribution in [2.24, 2.45) is 0 Å². The van der Waals surface area contributed by atoms with Crippen molar-refractivity contribution in [3.63, 3.8) is 0 Å². The summed E-state index contributed by atoms with van der Waals surface area (Å²) in [5, 5.41) is 2.16. The zero-order valence-electron chi connectivity index (χ0n) is 19.5. The van der Waals surface area contributed by atoms with Gasteiger partial charge in [0.2, 0.25) is 0 Å². The fourth-order valence-corrected chi connectivity index (χ4v) is 4.10. The molecular weight excluding hydrogens is 418 g/mol. The van der Waals surface area contributed by atoms with E-state index in [1.165, 1.54) is 0 Å². The number of nitrogens with zero attached hydrogens (tertiary/aromatic N) is 1. The van der Waals surface area contributed by atoms with Gasteiger partial charge in [-0.1, -0.05) is 36.4 Å². The zero-order chi connectivity index (χ0) is 23.2. The molecule has 3 aromatic rings. The summed E-state index contributed by atoms with van der Waals surface area (Å²) in [6, 6.07) is 19.9. The maximum Gasteiger partial charge on any atom is 0.313 e. The molecule has 6 nitrogen and oxygen atoms in total. The summed E-state index contributed by atoms with van der Waals surface area (Å²) < 4.78 is 22.1.